The number of nitrogens with zero attached hydrogens (tertiary/aromatic N) is 2. The lowest BCUT2D eigenvalue weighted by atomic mass is 9.95. The Morgan fingerprint density at radius 3 is 2.47 bits per heavy atom. The van der Waals surface area contributed by atoms with Crippen molar-refractivity contribution in [1.29, 1.82) is 0 Å². The number of aryl methyl sites for hydroxylation is 1. The van der Waals surface area contributed by atoms with Crippen LogP contribution in [-0.4, -0.2) is 26.6 Å². The fourth-order valence-corrected chi connectivity index (χ4v) is 2.61. The quantitative estimate of drug-likeness (QED) is 0.849. The maximum absolute atomic E-state index is 12.2. The van der Waals surface area contributed by atoms with Crippen LogP contribution in [0, 0.1) is 6.92 Å². The van der Waals surface area contributed by atoms with E-state index in [1.54, 1.807) is 10.9 Å². The fourth-order valence-electron chi connectivity index (χ4n) is 1.68. The highest BCUT2D eigenvalue weighted by molar-refractivity contribution is 9.09. The van der Waals surface area contributed by atoms with Crippen LogP contribution in [0.25, 0.3) is 0 Å². The van der Waals surface area contributed by atoms with Gasteiger partial charge in [0.15, 0.2) is 0 Å². The molecule has 0 aliphatic rings. The zero-order valence-electron chi connectivity index (χ0n) is 10.9. The number of halogens is 1. The van der Waals surface area contributed by atoms with Crippen LogP contribution in [-0.2, 0) is 7.05 Å². The van der Waals surface area contributed by atoms with Gasteiger partial charge in [0, 0.05) is 23.6 Å². The summed E-state index contributed by atoms with van der Waals surface area (Å²) in [6.07, 6.45) is 3.43. The molecule has 1 heterocycles. The number of rotatable bonds is 5. The molecule has 0 bridgehead atoms. The Labute approximate surface area is 111 Å². The Kier molecular flexibility index (Phi) is 4.74. The van der Waals surface area contributed by atoms with Crippen LogP contribution in [0.5, 0.6) is 0 Å². The summed E-state index contributed by atoms with van der Waals surface area (Å²) in [5, 5.41) is 7.96. The molecule has 1 N–H and O–H groups in total. The lowest BCUT2D eigenvalue weighted by Gasteiger charge is -2.30. The minimum absolute atomic E-state index is 0.0428. The van der Waals surface area contributed by atoms with E-state index >= 15 is 0 Å². The van der Waals surface area contributed by atoms with E-state index in [1.165, 1.54) is 0 Å². The molecule has 0 saturated carbocycles. The van der Waals surface area contributed by atoms with Crippen LogP contribution < -0.4 is 5.32 Å². The maximum Gasteiger partial charge on any atom is 0.255 e. The first-order valence-corrected chi connectivity index (χ1v) is 6.99. The Hall–Kier alpha value is -0.840. The highest BCUT2D eigenvalue weighted by Gasteiger charge is 2.28. The van der Waals surface area contributed by atoms with Gasteiger partial charge < -0.3 is 5.32 Å². The molecule has 1 rings (SSSR count). The molecule has 96 valence electrons. The summed E-state index contributed by atoms with van der Waals surface area (Å²) in [7, 11) is 1.84. The normalized spacial score (nSPS) is 11.6. The molecule has 0 saturated heterocycles. The summed E-state index contributed by atoms with van der Waals surface area (Å²) in [6, 6.07) is 0. The van der Waals surface area contributed by atoms with Gasteiger partial charge in [-0.15, -0.1) is 0 Å². The molecule has 1 aromatic heterocycles. The predicted octanol–water partition coefficient (Wildman–Crippen LogP) is 2.41. The van der Waals surface area contributed by atoms with Crippen molar-refractivity contribution in [2.24, 2.45) is 7.05 Å². The van der Waals surface area contributed by atoms with Gasteiger partial charge in [0.05, 0.1) is 11.8 Å². The molecule has 0 aliphatic heterocycles. The van der Waals surface area contributed by atoms with Crippen molar-refractivity contribution < 1.29 is 4.79 Å². The second-order valence-electron chi connectivity index (χ2n) is 4.34. The van der Waals surface area contributed by atoms with Crippen molar-refractivity contribution >= 4 is 21.8 Å². The van der Waals surface area contributed by atoms with Crippen LogP contribution in [0.15, 0.2) is 6.20 Å². The Bertz CT molecular complexity index is 388. The molecule has 0 unspecified atom stereocenters. The predicted molar refractivity (Wildman–Crippen MR) is 72.5 cm³/mol. The third kappa shape index (κ3) is 2.89. The molecule has 4 nitrogen and oxygen atoms in total. The maximum atomic E-state index is 12.2. The van der Waals surface area contributed by atoms with Gasteiger partial charge in [0.2, 0.25) is 0 Å². The average Bonchev–Trinajstić information content (AvgIpc) is 2.67. The van der Waals surface area contributed by atoms with Crippen molar-refractivity contribution in [3.8, 4) is 0 Å². The van der Waals surface area contributed by atoms with E-state index in [9.17, 15) is 4.79 Å². The van der Waals surface area contributed by atoms with Crippen molar-refractivity contribution in [3.05, 3.63) is 17.5 Å². The molecule has 0 aliphatic carbocycles. The molecule has 1 aromatic rings. The first-order valence-electron chi connectivity index (χ1n) is 5.86. The minimum atomic E-state index is -0.167. The van der Waals surface area contributed by atoms with Crippen LogP contribution in [0.1, 0.15) is 42.7 Å². The molecular weight excluding hydrogens is 282 g/mol. The monoisotopic (exact) mass is 301 g/mol. The fraction of sp³-hybridized carbons (Fsp3) is 0.667. The molecule has 17 heavy (non-hydrogen) atoms. The Morgan fingerprint density at radius 2 is 2.12 bits per heavy atom. The summed E-state index contributed by atoms with van der Waals surface area (Å²) >= 11 is 3.48. The summed E-state index contributed by atoms with van der Waals surface area (Å²) in [6.45, 7) is 6.07. The van der Waals surface area contributed by atoms with Gasteiger partial charge in [-0.3, -0.25) is 9.48 Å². The number of alkyl halides is 1. The standard InChI is InChI=1S/C12H20BrN3O/c1-5-12(6-2,8-13)15-11(17)10-7-14-16(4)9(10)3/h7H,5-6,8H2,1-4H3,(H,15,17). The molecule has 1 amide bonds. The van der Waals surface area contributed by atoms with Crippen molar-refractivity contribution in [3.63, 3.8) is 0 Å². The van der Waals surface area contributed by atoms with E-state index in [-0.39, 0.29) is 11.4 Å². The molecule has 0 radical (unpaired) electrons. The van der Waals surface area contributed by atoms with Gasteiger partial charge in [-0.2, -0.15) is 5.10 Å². The van der Waals surface area contributed by atoms with Gasteiger partial charge in [0.1, 0.15) is 0 Å². The lowest BCUT2D eigenvalue weighted by molar-refractivity contribution is 0.0903. The van der Waals surface area contributed by atoms with E-state index in [0.29, 0.717) is 5.56 Å². The highest BCUT2D eigenvalue weighted by atomic mass is 79.9. The van der Waals surface area contributed by atoms with Crippen LogP contribution >= 0.6 is 15.9 Å². The minimum Gasteiger partial charge on any atom is -0.346 e. The van der Waals surface area contributed by atoms with E-state index in [1.807, 2.05) is 14.0 Å². The SMILES string of the molecule is CCC(CC)(CBr)NC(=O)c1cnn(C)c1C. The number of aromatic nitrogens is 2. The number of nitrogens with one attached hydrogen (secondary N) is 1. The van der Waals surface area contributed by atoms with E-state index in [0.717, 1.165) is 23.9 Å². The van der Waals surface area contributed by atoms with Gasteiger partial charge in [-0.1, -0.05) is 29.8 Å². The number of carbonyl (C=O) groups is 1. The summed E-state index contributed by atoms with van der Waals surface area (Å²) in [5.74, 6) is -0.0428. The summed E-state index contributed by atoms with van der Waals surface area (Å²) < 4.78 is 1.71. The first-order chi connectivity index (χ1) is 7.99. The molecule has 5 heteroatoms. The zero-order chi connectivity index (χ0) is 13.1. The van der Waals surface area contributed by atoms with Gasteiger partial charge in [-0.05, 0) is 19.8 Å². The first kappa shape index (κ1) is 14.2. The number of hydrogen-bond acceptors (Lipinski definition) is 2. The largest absolute Gasteiger partial charge is 0.346 e. The van der Waals surface area contributed by atoms with Crippen molar-refractivity contribution in [1.82, 2.24) is 15.1 Å². The molecular formula is C12H20BrN3O. The van der Waals surface area contributed by atoms with Gasteiger partial charge >= 0.3 is 0 Å². The Morgan fingerprint density at radius 1 is 1.53 bits per heavy atom. The van der Waals surface area contributed by atoms with Crippen molar-refractivity contribution in [2.45, 2.75) is 39.2 Å². The van der Waals surface area contributed by atoms with Crippen LogP contribution in [0.4, 0.5) is 0 Å². The molecule has 0 atom stereocenters. The van der Waals surface area contributed by atoms with Gasteiger partial charge in [-0.25, -0.2) is 0 Å². The molecule has 0 fully saturated rings. The van der Waals surface area contributed by atoms with Crippen molar-refractivity contribution in [2.75, 3.05) is 5.33 Å². The number of amides is 1. The zero-order valence-corrected chi connectivity index (χ0v) is 12.5. The Balaban J connectivity index is 2.88. The third-order valence-electron chi connectivity index (χ3n) is 3.47. The summed E-state index contributed by atoms with van der Waals surface area (Å²) in [5.41, 5.74) is 1.37. The van der Waals surface area contributed by atoms with Gasteiger partial charge in [0.25, 0.3) is 5.91 Å². The lowest BCUT2D eigenvalue weighted by Crippen LogP contribution is -2.49. The van der Waals surface area contributed by atoms with E-state index < -0.39 is 0 Å². The van der Waals surface area contributed by atoms with Crippen LogP contribution in [0.2, 0.25) is 0 Å². The van der Waals surface area contributed by atoms with Crippen LogP contribution in [0.3, 0.4) is 0 Å². The topological polar surface area (TPSA) is 46.9 Å². The third-order valence-corrected chi connectivity index (χ3v) is 4.54. The average molecular weight is 302 g/mol. The second-order valence-corrected chi connectivity index (χ2v) is 4.90. The second kappa shape index (κ2) is 5.67. The molecule has 0 spiro atoms. The summed E-state index contributed by atoms with van der Waals surface area (Å²) in [4.78, 5) is 12.2. The van der Waals surface area contributed by atoms with E-state index in [4.69, 9.17) is 0 Å². The highest BCUT2D eigenvalue weighted by Crippen LogP contribution is 2.19. The molecule has 0 aromatic carbocycles. The smallest absolute Gasteiger partial charge is 0.255 e. The van der Waals surface area contributed by atoms with E-state index in [2.05, 4.69) is 40.2 Å². The number of carbonyl (C=O) groups excluding carboxylic acids is 1. The number of hydrogen-bond donors (Lipinski definition) is 1.